The van der Waals surface area contributed by atoms with Gasteiger partial charge in [-0.15, -0.1) is 24.0 Å². The second kappa shape index (κ2) is 12.2. The van der Waals surface area contributed by atoms with Crippen LogP contribution in [0.5, 0.6) is 5.75 Å². The number of hydrogen-bond acceptors (Lipinski definition) is 3. The van der Waals surface area contributed by atoms with E-state index in [9.17, 15) is 0 Å². The summed E-state index contributed by atoms with van der Waals surface area (Å²) >= 11 is 11.8. The number of guanidine groups is 1. The van der Waals surface area contributed by atoms with Crippen LogP contribution in [0.15, 0.2) is 41.5 Å². The molecule has 1 aromatic heterocycles. The number of nitrogens with zero attached hydrogens (tertiary/aromatic N) is 2. The lowest BCUT2D eigenvalue weighted by Gasteiger charge is -2.14. The molecular weight excluding hydrogens is 486 g/mol. The predicted molar refractivity (Wildman–Crippen MR) is 119 cm³/mol. The molecule has 0 saturated heterocycles. The average molecular weight is 509 g/mol. The highest BCUT2D eigenvalue weighted by atomic mass is 127. The van der Waals surface area contributed by atoms with Crippen LogP contribution >= 0.6 is 47.2 Å². The molecule has 26 heavy (non-hydrogen) atoms. The van der Waals surface area contributed by atoms with Crippen molar-refractivity contribution in [2.75, 3.05) is 20.2 Å². The molecule has 0 amide bonds. The van der Waals surface area contributed by atoms with Crippen molar-refractivity contribution in [1.29, 1.82) is 0 Å². The minimum atomic E-state index is 0. The molecule has 2 rings (SSSR count). The average Bonchev–Trinajstić information content (AvgIpc) is 2.61. The Morgan fingerprint density at radius 1 is 1.19 bits per heavy atom. The normalized spacial score (nSPS) is 10.8. The van der Waals surface area contributed by atoms with Crippen molar-refractivity contribution in [3.05, 3.63) is 57.8 Å². The predicted octanol–water partition coefficient (Wildman–Crippen LogP) is 4.31. The second-order valence-corrected chi connectivity index (χ2v) is 6.10. The van der Waals surface area contributed by atoms with E-state index in [1.807, 2.05) is 31.2 Å². The number of aliphatic imine (C=N–C) groups is 1. The summed E-state index contributed by atoms with van der Waals surface area (Å²) in [6.07, 6.45) is 2.61. The standard InChI is InChI=1S/C18H22Cl2N4O.HI/c1-3-25-16-10-15(19)6-5-14(16)12-24-18(21-2)22-9-8-13-4-7-17(20)23-11-13;/h4-7,10-11H,3,8-9,12H2,1-2H3,(H2,21,22,24);1H. The minimum absolute atomic E-state index is 0. The van der Waals surface area contributed by atoms with Crippen LogP contribution < -0.4 is 15.4 Å². The lowest BCUT2D eigenvalue weighted by Crippen LogP contribution is -2.37. The summed E-state index contributed by atoms with van der Waals surface area (Å²) in [6, 6.07) is 9.39. The van der Waals surface area contributed by atoms with E-state index in [-0.39, 0.29) is 24.0 Å². The van der Waals surface area contributed by atoms with Crippen LogP contribution in [-0.4, -0.2) is 31.1 Å². The molecule has 0 radical (unpaired) electrons. The van der Waals surface area contributed by atoms with Crippen molar-refractivity contribution in [2.24, 2.45) is 4.99 Å². The maximum absolute atomic E-state index is 6.03. The lowest BCUT2D eigenvalue weighted by atomic mass is 10.2. The first kappa shape index (κ1) is 22.8. The number of halogens is 3. The zero-order chi connectivity index (χ0) is 18.1. The van der Waals surface area contributed by atoms with Crippen LogP contribution in [0.3, 0.4) is 0 Å². The van der Waals surface area contributed by atoms with Gasteiger partial charge >= 0.3 is 0 Å². The van der Waals surface area contributed by atoms with Gasteiger partial charge in [0, 0.05) is 36.9 Å². The molecule has 0 aliphatic carbocycles. The minimum Gasteiger partial charge on any atom is -0.493 e. The molecule has 0 aliphatic heterocycles. The molecular formula is C18H23Cl2IN4O. The van der Waals surface area contributed by atoms with Crippen molar-refractivity contribution < 1.29 is 4.74 Å². The summed E-state index contributed by atoms with van der Waals surface area (Å²) in [4.78, 5) is 8.31. The molecule has 0 aliphatic rings. The third-order valence-electron chi connectivity index (χ3n) is 3.49. The van der Waals surface area contributed by atoms with E-state index in [0.717, 1.165) is 35.8 Å². The summed E-state index contributed by atoms with van der Waals surface area (Å²) < 4.78 is 5.63. The van der Waals surface area contributed by atoms with Crippen LogP contribution in [0.4, 0.5) is 0 Å². The van der Waals surface area contributed by atoms with Crippen molar-refractivity contribution >= 4 is 53.1 Å². The molecule has 2 aromatic rings. The van der Waals surface area contributed by atoms with Crippen LogP contribution in [0.2, 0.25) is 10.2 Å². The van der Waals surface area contributed by atoms with E-state index in [2.05, 4.69) is 20.6 Å². The topological polar surface area (TPSA) is 58.5 Å². The first-order valence-corrected chi connectivity index (χ1v) is 8.84. The van der Waals surface area contributed by atoms with Crippen molar-refractivity contribution in [3.8, 4) is 5.75 Å². The summed E-state index contributed by atoms with van der Waals surface area (Å²) in [5.41, 5.74) is 2.14. The van der Waals surface area contributed by atoms with Crippen LogP contribution in [0, 0.1) is 0 Å². The second-order valence-electron chi connectivity index (χ2n) is 5.28. The third-order valence-corrected chi connectivity index (χ3v) is 3.95. The van der Waals surface area contributed by atoms with Gasteiger partial charge in [0.25, 0.3) is 0 Å². The van der Waals surface area contributed by atoms with Gasteiger partial charge in [0.05, 0.1) is 6.61 Å². The highest BCUT2D eigenvalue weighted by Gasteiger charge is 2.06. The summed E-state index contributed by atoms with van der Waals surface area (Å²) in [6.45, 7) is 3.87. The zero-order valence-electron chi connectivity index (χ0n) is 14.8. The van der Waals surface area contributed by atoms with E-state index in [0.29, 0.717) is 23.3 Å². The van der Waals surface area contributed by atoms with Crippen molar-refractivity contribution in [2.45, 2.75) is 19.9 Å². The Morgan fingerprint density at radius 2 is 2.00 bits per heavy atom. The van der Waals surface area contributed by atoms with Gasteiger partial charge < -0.3 is 15.4 Å². The Balaban J connectivity index is 0.00000338. The summed E-state index contributed by atoms with van der Waals surface area (Å²) in [7, 11) is 1.74. The number of aromatic nitrogens is 1. The number of ether oxygens (including phenoxy) is 1. The molecule has 0 atom stereocenters. The Hall–Kier alpha value is -1.25. The molecule has 0 unspecified atom stereocenters. The van der Waals surface area contributed by atoms with Gasteiger partial charge in [-0.05, 0) is 37.1 Å². The fourth-order valence-corrected chi connectivity index (χ4v) is 2.52. The maximum Gasteiger partial charge on any atom is 0.191 e. The number of benzene rings is 1. The largest absolute Gasteiger partial charge is 0.493 e. The van der Waals surface area contributed by atoms with Crippen LogP contribution in [0.1, 0.15) is 18.1 Å². The van der Waals surface area contributed by atoms with Crippen molar-refractivity contribution in [3.63, 3.8) is 0 Å². The number of hydrogen-bond donors (Lipinski definition) is 2. The molecule has 0 bridgehead atoms. The molecule has 2 N–H and O–H groups in total. The maximum atomic E-state index is 6.03. The van der Waals surface area contributed by atoms with Gasteiger partial charge in [0.15, 0.2) is 5.96 Å². The zero-order valence-corrected chi connectivity index (χ0v) is 18.6. The lowest BCUT2D eigenvalue weighted by molar-refractivity contribution is 0.336. The molecule has 0 fully saturated rings. The van der Waals surface area contributed by atoms with E-state index < -0.39 is 0 Å². The Morgan fingerprint density at radius 3 is 2.65 bits per heavy atom. The molecule has 0 saturated carbocycles. The van der Waals surface area contributed by atoms with Crippen LogP contribution in [-0.2, 0) is 13.0 Å². The first-order valence-electron chi connectivity index (χ1n) is 8.08. The fraction of sp³-hybridized carbons (Fsp3) is 0.333. The fourth-order valence-electron chi connectivity index (χ4n) is 2.24. The van der Waals surface area contributed by atoms with Gasteiger partial charge in [-0.2, -0.15) is 0 Å². The smallest absolute Gasteiger partial charge is 0.191 e. The Bertz CT molecular complexity index is 711. The molecule has 142 valence electrons. The summed E-state index contributed by atoms with van der Waals surface area (Å²) in [5, 5.41) is 7.72. The van der Waals surface area contributed by atoms with Gasteiger partial charge in [-0.25, -0.2) is 4.98 Å². The van der Waals surface area contributed by atoms with E-state index in [1.54, 1.807) is 19.3 Å². The van der Waals surface area contributed by atoms with Crippen LogP contribution in [0.25, 0.3) is 0 Å². The Kier molecular flexibility index (Phi) is 10.7. The van der Waals surface area contributed by atoms with Gasteiger partial charge in [-0.3, -0.25) is 4.99 Å². The van der Waals surface area contributed by atoms with E-state index >= 15 is 0 Å². The summed E-state index contributed by atoms with van der Waals surface area (Å²) in [5.74, 6) is 1.50. The molecule has 5 nitrogen and oxygen atoms in total. The SMILES string of the molecule is CCOc1cc(Cl)ccc1CNC(=NC)NCCc1ccc(Cl)nc1.I. The number of nitrogens with one attached hydrogen (secondary N) is 2. The van der Waals surface area contributed by atoms with Gasteiger partial charge in [0.1, 0.15) is 10.9 Å². The molecule has 0 spiro atoms. The van der Waals surface area contributed by atoms with Gasteiger partial charge in [-0.1, -0.05) is 35.3 Å². The van der Waals surface area contributed by atoms with Gasteiger partial charge in [0.2, 0.25) is 0 Å². The van der Waals surface area contributed by atoms with E-state index in [1.165, 1.54) is 0 Å². The highest BCUT2D eigenvalue weighted by molar-refractivity contribution is 14.0. The Labute approximate surface area is 181 Å². The molecule has 8 heteroatoms. The molecule has 1 heterocycles. The van der Waals surface area contributed by atoms with Crippen molar-refractivity contribution in [1.82, 2.24) is 15.6 Å². The highest BCUT2D eigenvalue weighted by Crippen LogP contribution is 2.23. The monoisotopic (exact) mass is 508 g/mol. The first-order chi connectivity index (χ1) is 12.1. The van der Waals surface area contributed by atoms with E-state index in [4.69, 9.17) is 27.9 Å². The molecule has 1 aromatic carbocycles. The third kappa shape index (κ3) is 7.55. The number of rotatable bonds is 7. The quantitative estimate of drug-likeness (QED) is 0.253. The number of pyridine rings is 1.